The maximum Gasteiger partial charge on any atom is 0.204 e. The van der Waals surface area contributed by atoms with Crippen molar-refractivity contribution in [1.29, 1.82) is 0 Å². The third kappa shape index (κ3) is 4.88. The van der Waals surface area contributed by atoms with E-state index in [-0.39, 0.29) is 12.4 Å². The third-order valence-corrected chi connectivity index (χ3v) is 6.37. The number of pyridine rings is 1. The number of thioether (sulfide) groups is 1. The number of rotatable bonds is 8. The van der Waals surface area contributed by atoms with Gasteiger partial charge in [0, 0.05) is 36.8 Å². The zero-order chi connectivity index (χ0) is 20.9. The summed E-state index contributed by atoms with van der Waals surface area (Å²) in [7, 11) is 0. The van der Waals surface area contributed by atoms with E-state index in [1.54, 1.807) is 12.1 Å². The largest absolute Gasteiger partial charge is 0.506 e. The molecule has 1 saturated heterocycles. The topological polar surface area (TPSA) is 86.4 Å². The van der Waals surface area contributed by atoms with E-state index in [1.165, 1.54) is 24.6 Å². The van der Waals surface area contributed by atoms with Crippen molar-refractivity contribution in [3.63, 3.8) is 0 Å². The summed E-state index contributed by atoms with van der Waals surface area (Å²) >= 11 is 2.03. The average molecular weight is 428 g/mol. The number of nitrogens with one attached hydrogen (secondary N) is 1. The summed E-state index contributed by atoms with van der Waals surface area (Å²) in [5.41, 5.74) is 4.07. The number of benzene rings is 1. The fraction of sp³-hybridized carbons (Fsp3) is 0.455. The number of aromatic nitrogens is 3. The van der Waals surface area contributed by atoms with Crippen LogP contribution in [-0.2, 0) is 13.2 Å². The Balaban J connectivity index is 1.54. The van der Waals surface area contributed by atoms with Crippen molar-refractivity contribution >= 4 is 28.7 Å². The van der Waals surface area contributed by atoms with Gasteiger partial charge >= 0.3 is 0 Å². The number of imidazole rings is 1. The quantitative estimate of drug-likeness (QED) is 0.477. The lowest BCUT2D eigenvalue weighted by atomic mass is 10.2. The molecule has 1 aliphatic heterocycles. The normalized spacial score (nSPS) is 15.0. The Morgan fingerprint density at radius 3 is 2.77 bits per heavy atom. The van der Waals surface area contributed by atoms with Gasteiger partial charge in [0.25, 0.3) is 0 Å². The van der Waals surface area contributed by atoms with Crippen LogP contribution in [0.15, 0.2) is 30.3 Å². The number of hydrogen-bond donors (Lipinski definition) is 3. The van der Waals surface area contributed by atoms with Gasteiger partial charge in [-0.1, -0.05) is 6.07 Å². The zero-order valence-electron chi connectivity index (χ0n) is 17.3. The summed E-state index contributed by atoms with van der Waals surface area (Å²) in [6.45, 7) is 6.56. The van der Waals surface area contributed by atoms with Crippen LogP contribution in [0, 0.1) is 6.92 Å². The number of aliphatic hydroxyl groups is 1. The van der Waals surface area contributed by atoms with Gasteiger partial charge in [-0.2, -0.15) is 11.8 Å². The molecule has 8 heteroatoms. The second kappa shape index (κ2) is 9.68. The first-order valence-corrected chi connectivity index (χ1v) is 11.6. The van der Waals surface area contributed by atoms with Crippen LogP contribution in [0.4, 0.5) is 5.95 Å². The molecule has 2 aromatic heterocycles. The minimum absolute atomic E-state index is 0.0219. The number of aliphatic hydroxyl groups excluding tert-OH is 1. The van der Waals surface area contributed by atoms with Crippen LogP contribution in [0.25, 0.3) is 11.0 Å². The first kappa shape index (κ1) is 21.0. The highest BCUT2D eigenvalue weighted by molar-refractivity contribution is 7.99. The lowest BCUT2D eigenvalue weighted by Crippen LogP contribution is -2.34. The zero-order valence-corrected chi connectivity index (χ0v) is 18.2. The fourth-order valence-corrected chi connectivity index (χ4v) is 4.74. The van der Waals surface area contributed by atoms with Crippen LogP contribution in [0.2, 0.25) is 0 Å². The van der Waals surface area contributed by atoms with Gasteiger partial charge in [0.2, 0.25) is 5.95 Å². The van der Waals surface area contributed by atoms with Gasteiger partial charge in [-0.3, -0.25) is 4.98 Å². The Kier molecular flexibility index (Phi) is 6.76. The van der Waals surface area contributed by atoms with Crippen LogP contribution in [0.1, 0.15) is 23.4 Å². The lowest BCUT2D eigenvalue weighted by molar-refractivity contribution is 0.282. The van der Waals surface area contributed by atoms with E-state index in [2.05, 4.69) is 15.2 Å². The van der Waals surface area contributed by atoms with Crippen molar-refractivity contribution in [3.8, 4) is 5.75 Å². The van der Waals surface area contributed by atoms with E-state index in [0.29, 0.717) is 12.2 Å². The third-order valence-electron chi connectivity index (χ3n) is 5.43. The SMILES string of the molecule is Cc1ccc(O)c(Cn2c(NCCCN3CCSCC3)nc3ccc(CO)cc32)n1. The Labute approximate surface area is 181 Å². The van der Waals surface area contributed by atoms with Gasteiger partial charge in [0.15, 0.2) is 0 Å². The number of aromatic hydroxyl groups is 1. The predicted molar refractivity (Wildman–Crippen MR) is 122 cm³/mol. The molecule has 0 aliphatic carbocycles. The maximum absolute atomic E-state index is 10.3. The van der Waals surface area contributed by atoms with Crippen LogP contribution < -0.4 is 5.32 Å². The summed E-state index contributed by atoms with van der Waals surface area (Å²) in [6.07, 6.45) is 1.05. The van der Waals surface area contributed by atoms with Crippen molar-refractivity contribution in [1.82, 2.24) is 19.4 Å². The van der Waals surface area contributed by atoms with E-state index in [4.69, 9.17) is 4.98 Å². The monoisotopic (exact) mass is 427 g/mol. The Bertz CT molecular complexity index is 1000. The molecule has 0 bridgehead atoms. The van der Waals surface area contributed by atoms with Crippen molar-refractivity contribution < 1.29 is 10.2 Å². The first-order chi connectivity index (χ1) is 14.6. The summed E-state index contributed by atoms with van der Waals surface area (Å²) in [5.74, 6) is 3.39. The Morgan fingerprint density at radius 2 is 1.97 bits per heavy atom. The molecule has 1 fully saturated rings. The number of nitrogens with zero attached hydrogens (tertiary/aromatic N) is 4. The highest BCUT2D eigenvalue weighted by atomic mass is 32.2. The van der Waals surface area contributed by atoms with Crippen LogP contribution in [-0.4, -0.2) is 67.3 Å². The molecule has 0 amide bonds. The second-order valence-electron chi connectivity index (χ2n) is 7.66. The van der Waals surface area contributed by atoms with E-state index in [0.717, 1.165) is 47.7 Å². The number of hydrogen-bond acceptors (Lipinski definition) is 7. The van der Waals surface area contributed by atoms with Gasteiger partial charge in [-0.25, -0.2) is 4.98 Å². The van der Waals surface area contributed by atoms with Gasteiger partial charge in [0.05, 0.1) is 24.2 Å². The Hall–Kier alpha value is -2.29. The van der Waals surface area contributed by atoms with Crippen molar-refractivity contribution in [3.05, 3.63) is 47.3 Å². The number of aryl methyl sites for hydroxylation is 1. The molecular formula is C22H29N5O2S. The van der Waals surface area contributed by atoms with Crippen LogP contribution in [0.5, 0.6) is 5.75 Å². The van der Waals surface area contributed by atoms with Crippen LogP contribution >= 0.6 is 11.8 Å². The molecule has 1 aliphatic rings. The minimum Gasteiger partial charge on any atom is -0.506 e. The molecule has 3 aromatic rings. The van der Waals surface area contributed by atoms with E-state index in [9.17, 15) is 10.2 Å². The Morgan fingerprint density at radius 1 is 1.13 bits per heavy atom. The smallest absolute Gasteiger partial charge is 0.204 e. The lowest BCUT2D eigenvalue weighted by Gasteiger charge is -2.26. The molecule has 3 heterocycles. The van der Waals surface area contributed by atoms with Crippen LogP contribution in [0.3, 0.4) is 0 Å². The molecule has 0 unspecified atom stereocenters. The van der Waals surface area contributed by atoms with E-state index >= 15 is 0 Å². The second-order valence-corrected chi connectivity index (χ2v) is 8.88. The molecule has 4 rings (SSSR count). The highest BCUT2D eigenvalue weighted by Crippen LogP contribution is 2.25. The number of anilines is 1. The van der Waals surface area contributed by atoms with Crippen molar-refractivity contribution in [2.24, 2.45) is 0 Å². The fourth-order valence-electron chi connectivity index (χ4n) is 3.76. The van der Waals surface area contributed by atoms with E-state index < -0.39 is 0 Å². The van der Waals surface area contributed by atoms with Gasteiger partial charge in [0.1, 0.15) is 11.4 Å². The average Bonchev–Trinajstić information content (AvgIpc) is 3.11. The molecule has 0 atom stereocenters. The molecule has 160 valence electrons. The van der Waals surface area contributed by atoms with Gasteiger partial charge < -0.3 is 25.0 Å². The molecular weight excluding hydrogens is 398 g/mol. The van der Waals surface area contributed by atoms with Gasteiger partial charge in [-0.15, -0.1) is 0 Å². The minimum atomic E-state index is -0.0219. The van der Waals surface area contributed by atoms with Gasteiger partial charge in [-0.05, 0) is 49.7 Å². The highest BCUT2D eigenvalue weighted by Gasteiger charge is 2.15. The maximum atomic E-state index is 10.3. The standard InChI is InChI=1S/C22H29N5O2S/c1-16-3-6-21(29)19(24-16)14-27-20-13-17(15-28)4-5-18(20)25-22(27)23-7-2-8-26-9-11-30-12-10-26/h3-6,13,28-29H,2,7-12,14-15H2,1H3,(H,23,25). The molecule has 1 aromatic carbocycles. The molecule has 30 heavy (non-hydrogen) atoms. The summed E-state index contributed by atoms with van der Waals surface area (Å²) in [5, 5.41) is 23.3. The molecule has 0 saturated carbocycles. The molecule has 0 radical (unpaired) electrons. The number of fused-ring (bicyclic) bond motifs is 1. The molecule has 3 N–H and O–H groups in total. The van der Waals surface area contributed by atoms with E-state index in [1.807, 2.05) is 41.5 Å². The molecule has 7 nitrogen and oxygen atoms in total. The summed E-state index contributed by atoms with van der Waals surface area (Å²) < 4.78 is 2.04. The van der Waals surface area contributed by atoms with Crippen molar-refractivity contribution in [2.45, 2.75) is 26.5 Å². The molecule has 0 spiro atoms. The first-order valence-electron chi connectivity index (χ1n) is 10.4. The summed E-state index contributed by atoms with van der Waals surface area (Å²) in [6, 6.07) is 9.25. The summed E-state index contributed by atoms with van der Waals surface area (Å²) in [4.78, 5) is 11.8. The van der Waals surface area contributed by atoms with Crippen molar-refractivity contribution in [2.75, 3.05) is 43.0 Å². The predicted octanol–water partition coefficient (Wildman–Crippen LogP) is 2.84.